The fourth-order valence-corrected chi connectivity index (χ4v) is 4.57. The van der Waals surface area contributed by atoms with E-state index in [1.807, 2.05) is 31.3 Å². The summed E-state index contributed by atoms with van der Waals surface area (Å²) in [6.07, 6.45) is 2.53. The Hall–Kier alpha value is -2.93. The van der Waals surface area contributed by atoms with E-state index < -0.39 is 0 Å². The van der Waals surface area contributed by atoms with Crippen molar-refractivity contribution in [1.29, 1.82) is 0 Å². The van der Waals surface area contributed by atoms with Crippen molar-refractivity contribution >= 4 is 51.5 Å². The number of hydrogen-bond acceptors (Lipinski definition) is 5. The molecular weight excluding hydrogens is 481 g/mol. The molecule has 6 nitrogen and oxygen atoms in total. The molecular formula is C24H18Cl3N5O. The van der Waals surface area contributed by atoms with E-state index in [1.54, 1.807) is 24.3 Å². The topological polar surface area (TPSA) is 63.4 Å². The zero-order chi connectivity index (χ0) is 23.1. The fourth-order valence-electron chi connectivity index (χ4n) is 3.92. The van der Waals surface area contributed by atoms with Crippen molar-refractivity contribution in [3.05, 3.63) is 85.7 Å². The average Bonchev–Trinajstić information content (AvgIpc) is 2.81. The van der Waals surface area contributed by atoms with Crippen LogP contribution in [0, 0.1) is 0 Å². The highest BCUT2D eigenvalue weighted by molar-refractivity contribution is 6.38. The standard InChI is InChI=1S/C24H18Cl3N5O/c1-31-10-2-9-28-22(31)14-3-5-15(6-4-14)23-30-21-18(11-17(26)12-19(21)27)24(33)32(23)20-8-7-16(25)13-29-20/h3-8,11-13H,2,9-10H2,1H3. The molecule has 1 aliphatic heterocycles. The first-order chi connectivity index (χ1) is 15.9. The lowest BCUT2D eigenvalue weighted by atomic mass is 10.1. The maximum atomic E-state index is 13.6. The summed E-state index contributed by atoms with van der Waals surface area (Å²) < 4.78 is 1.45. The van der Waals surface area contributed by atoms with Crippen LogP contribution in [-0.2, 0) is 0 Å². The van der Waals surface area contributed by atoms with E-state index in [0.717, 1.165) is 36.5 Å². The van der Waals surface area contributed by atoms with Crippen molar-refractivity contribution in [3.8, 4) is 17.2 Å². The molecule has 0 unspecified atom stereocenters. The van der Waals surface area contributed by atoms with Crippen LogP contribution in [0.25, 0.3) is 28.1 Å². The number of amidine groups is 1. The first-order valence-electron chi connectivity index (χ1n) is 10.3. The highest BCUT2D eigenvalue weighted by Gasteiger charge is 2.19. The Morgan fingerprint density at radius 3 is 2.39 bits per heavy atom. The predicted molar refractivity (Wildman–Crippen MR) is 134 cm³/mol. The third-order valence-corrected chi connectivity index (χ3v) is 6.24. The van der Waals surface area contributed by atoms with Crippen LogP contribution in [0.2, 0.25) is 15.1 Å². The highest BCUT2D eigenvalue weighted by atomic mass is 35.5. The number of benzene rings is 2. The lowest BCUT2D eigenvalue weighted by Gasteiger charge is -2.25. The van der Waals surface area contributed by atoms with Gasteiger partial charge in [-0.05, 0) is 30.7 Å². The van der Waals surface area contributed by atoms with Crippen molar-refractivity contribution in [2.75, 3.05) is 20.1 Å². The summed E-state index contributed by atoms with van der Waals surface area (Å²) in [5.41, 5.74) is 1.80. The Balaban J connectivity index is 1.73. The molecule has 0 saturated carbocycles. The number of fused-ring (bicyclic) bond motifs is 1. The van der Waals surface area contributed by atoms with Crippen LogP contribution in [0.15, 0.2) is 64.5 Å². The number of nitrogens with zero attached hydrogens (tertiary/aromatic N) is 5. The largest absolute Gasteiger partial charge is 0.359 e. The molecule has 0 saturated heterocycles. The van der Waals surface area contributed by atoms with Crippen LogP contribution in [0.1, 0.15) is 12.0 Å². The Morgan fingerprint density at radius 2 is 1.70 bits per heavy atom. The van der Waals surface area contributed by atoms with Gasteiger partial charge in [-0.3, -0.25) is 9.79 Å². The molecule has 2 aromatic heterocycles. The molecule has 33 heavy (non-hydrogen) atoms. The minimum Gasteiger partial charge on any atom is -0.359 e. The molecule has 4 aromatic rings. The maximum Gasteiger partial charge on any atom is 0.267 e. The molecule has 0 bridgehead atoms. The van der Waals surface area contributed by atoms with Crippen molar-refractivity contribution in [2.24, 2.45) is 4.99 Å². The average molecular weight is 499 g/mol. The van der Waals surface area contributed by atoms with E-state index in [0.29, 0.717) is 37.6 Å². The predicted octanol–water partition coefficient (Wildman–Crippen LogP) is 5.49. The van der Waals surface area contributed by atoms with E-state index in [1.165, 1.54) is 10.8 Å². The zero-order valence-electron chi connectivity index (χ0n) is 17.6. The van der Waals surface area contributed by atoms with Gasteiger partial charge in [-0.1, -0.05) is 59.1 Å². The fraction of sp³-hybridized carbons (Fsp3) is 0.167. The van der Waals surface area contributed by atoms with E-state index in [2.05, 4.69) is 14.9 Å². The molecule has 9 heteroatoms. The van der Waals surface area contributed by atoms with Gasteiger partial charge in [0.05, 0.1) is 20.9 Å². The van der Waals surface area contributed by atoms with Crippen LogP contribution in [0.5, 0.6) is 0 Å². The van der Waals surface area contributed by atoms with Gasteiger partial charge in [0.25, 0.3) is 5.56 Å². The highest BCUT2D eigenvalue weighted by Crippen LogP contribution is 2.29. The molecule has 166 valence electrons. The van der Waals surface area contributed by atoms with Crippen LogP contribution < -0.4 is 5.56 Å². The van der Waals surface area contributed by atoms with Crippen molar-refractivity contribution in [1.82, 2.24) is 19.4 Å². The summed E-state index contributed by atoms with van der Waals surface area (Å²) >= 11 is 18.6. The van der Waals surface area contributed by atoms with Gasteiger partial charge in [0.15, 0.2) is 0 Å². The summed E-state index contributed by atoms with van der Waals surface area (Å²) in [6, 6.07) is 14.3. The number of aromatic nitrogens is 3. The lowest BCUT2D eigenvalue weighted by molar-refractivity contribution is 0.468. The van der Waals surface area contributed by atoms with Gasteiger partial charge in [-0.15, -0.1) is 0 Å². The molecule has 3 heterocycles. The van der Waals surface area contributed by atoms with Gasteiger partial charge in [0.2, 0.25) is 0 Å². The summed E-state index contributed by atoms with van der Waals surface area (Å²) in [4.78, 5) is 29.5. The maximum absolute atomic E-state index is 13.6. The van der Waals surface area contributed by atoms with E-state index in [-0.39, 0.29) is 5.56 Å². The minimum atomic E-state index is -0.324. The summed E-state index contributed by atoms with van der Waals surface area (Å²) in [7, 11) is 2.04. The molecule has 2 aromatic carbocycles. The Kier molecular flexibility index (Phi) is 5.83. The Labute approximate surface area is 205 Å². The Bertz CT molecular complexity index is 1450. The van der Waals surface area contributed by atoms with Gasteiger partial charge in [-0.25, -0.2) is 14.5 Å². The van der Waals surface area contributed by atoms with Gasteiger partial charge < -0.3 is 4.90 Å². The second-order valence-electron chi connectivity index (χ2n) is 7.75. The van der Waals surface area contributed by atoms with E-state index >= 15 is 0 Å². The molecule has 1 aliphatic rings. The molecule has 0 radical (unpaired) electrons. The van der Waals surface area contributed by atoms with Gasteiger partial charge in [0, 0.05) is 42.5 Å². The van der Waals surface area contributed by atoms with Crippen LogP contribution >= 0.6 is 34.8 Å². The zero-order valence-corrected chi connectivity index (χ0v) is 19.9. The molecule has 0 fully saturated rings. The number of rotatable bonds is 3. The molecule has 0 amide bonds. The van der Waals surface area contributed by atoms with Crippen molar-refractivity contribution in [3.63, 3.8) is 0 Å². The van der Waals surface area contributed by atoms with Gasteiger partial charge in [0.1, 0.15) is 17.5 Å². The molecule has 0 atom stereocenters. The SMILES string of the molecule is CN1CCCN=C1c1ccc(-c2nc3c(Cl)cc(Cl)cc3c(=O)n2-c2ccc(Cl)cn2)cc1. The smallest absolute Gasteiger partial charge is 0.267 e. The quantitative estimate of drug-likeness (QED) is 0.375. The summed E-state index contributed by atoms with van der Waals surface area (Å²) in [5, 5.41) is 1.44. The third kappa shape index (κ3) is 4.10. The number of aliphatic imine (C=N–C) groups is 1. The van der Waals surface area contributed by atoms with E-state index in [9.17, 15) is 4.79 Å². The van der Waals surface area contributed by atoms with Gasteiger partial charge >= 0.3 is 0 Å². The second kappa shape index (κ2) is 8.78. The normalized spacial score (nSPS) is 13.9. The van der Waals surface area contributed by atoms with Crippen molar-refractivity contribution < 1.29 is 0 Å². The number of pyridine rings is 1. The van der Waals surface area contributed by atoms with E-state index in [4.69, 9.17) is 39.8 Å². The van der Waals surface area contributed by atoms with Crippen LogP contribution in [-0.4, -0.2) is 45.4 Å². The molecule has 0 aliphatic carbocycles. The minimum absolute atomic E-state index is 0.307. The number of halogens is 3. The van der Waals surface area contributed by atoms with Crippen LogP contribution in [0.4, 0.5) is 0 Å². The summed E-state index contributed by atoms with van der Waals surface area (Å²) in [5.74, 6) is 1.76. The lowest BCUT2D eigenvalue weighted by Crippen LogP contribution is -2.32. The van der Waals surface area contributed by atoms with Crippen molar-refractivity contribution in [2.45, 2.75) is 6.42 Å². The van der Waals surface area contributed by atoms with Crippen LogP contribution in [0.3, 0.4) is 0 Å². The van der Waals surface area contributed by atoms with Gasteiger partial charge in [-0.2, -0.15) is 0 Å². The summed E-state index contributed by atoms with van der Waals surface area (Å²) in [6.45, 7) is 1.78. The molecule has 0 N–H and O–H groups in total. The first-order valence-corrected chi connectivity index (χ1v) is 11.5. The second-order valence-corrected chi connectivity index (χ2v) is 9.03. The number of hydrogen-bond donors (Lipinski definition) is 0. The monoisotopic (exact) mass is 497 g/mol. The Morgan fingerprint density at radius 1 is 0.939 bits per heavy atom. The molecule has 0 spiro atoms. The third-order valence-electron chi connectivity index (χ3n) is 5.51. The molecule has 5 rings (SSSR count). The first kappa shape index (κ1) is 21.9.